The first-order valence-corrected chi connectivity index (χ1v) is 7.11. The van der Waals surface area contributed by atoms with Crippen molar-refractivity contribution in [2.45, 2.75) is 40.0 Å². The first kappa shape index (κ1) is 16.0. The molecule has 0 aromatic rings. The van der Waals surface area contributed by atoms with Crippen molar-refractivity contribution in [2.24, 2.45) is 23.0 Å². The molecule has 5 nitrogen and oxygen atoms in total. The van der Waals surface area contributed by atoms with E-state index in [-0.39, 0.29) is 17.7 Å². The fourth-order valence-electron chi connectivity index (χ4n) is 2.86. The van der Waals surface area contributed by atoms with E-state index in [1.807, 2.05) is 20.8 Å². The van der Waals surface area contributed by atoms with Gasteiger partial charge >= 0.3 is 5.97 Å². The van der Waals surface area contributed by atoms with Gasteiger partial charge in [-0.25, -0.2) is 0 Å². The number of hydrogen-bond donors (Lipinski definition) is 2. The molecule has 110 valence electrons. The van der Waals surface area contributed by atoms with Crippen LogP contribution in [-0.2, 0) is 9.59 Å². The summed E-state index contributed by atoms with van der Waals surface area (Å²) < 4.78 is 0. The van der Waals surface area contributed by atoms with Gasteiger partial charge in [0.1, 0.15) is 0 Å². The lowest BCUT2D eigenvalue weighted by atomic mass is 9.76. The summed E-state index contributed by atoms with van der Waals surface area (Å²) in [6.07, 6.45) is 2.22. The molecule has 3 N–H and O–H groups in total. The van der Waals surface area contributed by atoms with Crippen LogP contribution in [0.25, 0.3) is 0 Å². The molecule has 1 saturated heterocycles. The van der Waals surface area contributed by atoms with Crippen molar-refractivity contribution in [1.29, 1.82) is 0 Å². The second-order valence-electron chi connectivity index (χ2n) is 5.85. The summed E-state index contributed by atoms with van der Waals surface area (Å²) in [5.74, 6) is -0.919. The van der Waals surface area contributed by atoms with E-state index in [9.17, 15) is 14.7 Å². The number of hydrogen-bond acceptors (Lipinski definition) is 3. The number of aliphatic carboxylic acids is 1. The van der Waals surface area contributed by atoms with Crippen LogP contribution in [-0.4, -0.2) is 41.5 Å². The molecule has 1 rings (SSSR count). The summed E-state index contributed by atoms with van der Waals surface area (Å²) in [6, 6.07) is 0. The van der Waals surface area contributed by atoms with Crippen LogP contribution in [0.3, 0.4) is 0 Å². The van der Waals surface area contributed by atoms with E-state index in [1.54, 1.807) is 4.90 Å². The zero-order valence-corrected chi connectivity index (χ0v) is 12.2. The summed E-state index contributed by atoms with van der Waals surface area (Å²) in [6.45, 7) is 7.03. The monoisotopic (exact) mass is 270 g/mol. The summed E-state index contributed by atoms with van der Waals surface area (Å²) >= 11 is 0. The Balaban J connectivity index is 2.79. The van der Waals surface area contributed by atoms with Crippen LogP contribution in [0.15, 0.2) is 0 Å². The summed E-state index contributed by atoms with van der Waals surface area (Å²) in [7, 11) is 0. The largest absolute Gasteiger partial charge is 0.481 e. The Hall–Kier alpha value is -1.10. The van der Waals surface area contributed by atoms with Gasteiger partial charge in [0.25, 0.3) is 0 Å². The number of carbonyl (C=O) groups excluding carboxylic acids is 1. The van der Waals surface area contributed by atoms with E-state index in [4.69, 9.17) is 5.73 Å². The van der Waals surface area contributed by atoms with E-state index in [0.29, 0.717) is 26.1 Å². The molecule has 1 heterocycles. The molecule has 1 aliphatic heterocycles. The standard InChI is InChI=1S/C14H26N2O3/c1-4-5-11(8-15)12(17)16-7-6-14(9-16,10(2)3)13(18)19/h10-11H,4-9,15H2,1-3H3,(H,18,19). The fraction of sp³-hybridized carbons (Fsp3) is 0.857. The van der Waals surface area contributed by atoms with E-state index >= 15 is 0 Å². The molecular formula is C14H26N2O3. The average molecular weight is 270 g/mol. The minimum absolute atomic E-state index is 0.0188. The van der Waals surface area contributed by atoms with E-state index in [1.165, 1.54) is 0 Å². The van der Waals surface area contributed by atoms with Crippen molar-refractivity contribution >= 4 is 11.9 Å². The highest BCUT2D eigenvalue weighted by Gasteiger charge is 2.48. The van der Waals surface area contributed by atoms with Gasteiger partial charge in [-0.3, -0.25) is 9.59 Å². The Labute approximate surface area is 115 Å². The SMILES string of the molecule is CCCC(CN)C(=O)N1CCC(C(=O)O)(C(C)C)C1. The van der Waals surface area contributed by atoms with Crippen molar-refractivity contribution < 1.29 is 14.7 Å². The topological polar surface area (TPSA) is 83.6 Å². The zero-order chi connectivity index (χ0) is 14.6. The van der Waals surface area contributed by atoms with Gasteiger partial charge in [0.2, 0.25) is 5.91 Å². The third kappa shape index (κ3) is 3.08. The van der Waals surface area contributed by atoms with Gasteiger partial charge in [-0.2, -0.15) is 0 Å². The lowest BCUT2D eigenvalue weighted by molar-refractivity contribution is -0.151. The third-order valence-electron chi connectivity index (χ3n) is 4.41. The highest BCUT2D eigenvalue weighted by atomic mass is 16.4. The van der Waals surface area contributed by atoms with Crippen molar-refractivity contribution in [3.8, 4) is 0 Å². The van der Waals surface area contributed by atoms with Gasteiger partial charge in [0.05, 0.1) is 11.3 Å². The number of nitrogens with zero attached hydrogens (tertiary/aromatic N) is 1. The molecule has 0 radical (unpaired) electrons. The summed E-state index contributed by atoms with van der Waals surface area (Å²) in [4.78, 5) is 25.6. The molecule has 2 atom stereocenters. The first-order valence-electron chi connectivity index (χ1n) is 7.11. The smallest absolute Gasteiger partial charge is 0.311 e. The quantitative estimate of drug-likeness (QED) is 0.762. The van der Waals surface area contributed by atoms with Crippen LogP contribution in [0.5, 0.6) is 0 Å². The van der Waals surface area contributed by atoms with Crippen molar-refractivity contribution in [3.63, 3.8) is 0 Å². The molecular weight excluding hydrogens is 244 g/mol. The van der Waals surface area contributed by atoms with Gasteiger partial charge in [-0.15, -0.1) is 0 Å². The van der Waals surface area contributed by atoms with Crippen molar-refractivity contribution in [3.05, 3.63) is 0 Å². The Morgan fingerprint density at radius 3 is 2.42 bits per heavy atom. The highest BCUT2D eigenvalue weighted by Crippen LogP contribution is 2.38. The van der Waals surface area contributed by atoms with Gasteiger partial charge in [0, 0.05) is 19.6 Å². The maximum Gasteiger partial charge on any atom is 0.311 e. The lowest BCUT2D eigenvalue weighted by Crippen LogP contribution is -2.43. The molecule has 1 amide bonds. The number of nitrogens with two attached hydrogens (primary N) is 1. The Kier molecular flexibility index (Phi) is 5.35. The van der Waals surface area contributed by atoms with Gasteiger partial charge in [-0.1, -0.05) is 27.2 Å². The average Bonchev–Trinajstić information content (AvgIpc) is 2.81. The molecule has 0 saturated carbocycles. The second-order valence-corrected chi connectivity index (χ2v) is 5.85. The maximum atomic E-state index is 12.4. The van der Waals surface area contributed by atoms with Crippen LogP contribution >= 0.6 is 0 Å². The molecule has 0 bridgehead atoms. The van der Waals surface area contributed by atoms with E-state index in [2.05, 4.69) is 0 Å². The fourth-order valence-corrected chi connectivity index (χ4v) is 2.86. The number of carboxylic acids is 1. The maximum absolute atomic E-state index is 12.4. The third-order valence-corrected chi connectivity index (χ3v) is 4.41. The Bertz CT molecular complexity index is 344. The zero-order valence-electron chi connectivity index (χ0n) is 12.2. The Morgan fingerprint density at radius 2 is 2.05 bits per heavy atom. The van der Waals surface area contributed by atoms with Gasteiger partial charge < -0.3 is 15.7 Å². The number of rotatable bonds is 6. The van der Waals surface area contributed by atoms with Crippen LogP contribution in [0, 0.1) is 17.3 Å². The molecule has 0 aromatic carbocycles. The normalized spacial score (nSPS) is 24.8. The number of carboxylic acid groups (broad SMARTS) is 1. The minimum atomic E-state index is -0.794. The molecule has 2 unspecified atom stereocenters. The van der Waals surface area contributed by atoms with Crippen LogP contribution in [0.4, 0.5) is 0 Å². The molecule has 0 aliphatic carbocycles. The molecule has 19 heavy (non-hydrogen) atoms. The summed E-state index contributed by atoms with van der Waals surface area (Å²) in [5, 5.41) is 9.47. The molecule has 1 aliphatic rings. The number of likely N-dealkylation sites (tertiary alicyclic amines) is 1. The van der Waals surface area contributed by atoms with E-state index < -0.39 is 11.4 Å². The molecule has 0 spiro atoms. The predicted molar refractivity (Wildman–Crippen MR) is 73.6 cm³/mol. The number of carbonyl (C=O) groups is 2. The Morgan fingerprint density at radius 1 is 1.42 bits per heavy atom. The van der Waals surface area contributed by atoms with Crippen LogP contribution in [0.2, 0.25) is 0 Å². The van der Waals surface area contributed by atoms with Crippen LogP contribution in [0.1, 0.15) is 40.0 Å². The van der Waals surface area contributed by atoms with E-state index in [0.717, 1.165) is 12.8 Å². The van der Waals surface area contributed by atoms with Gasteiger partial charge in [-0.05, 0) is 18.8 Å². The summed E-state index contributed by atoms with van der Waals surface area (Å²) in [5.41, 5.74) is 4.86. The first-order chi connectivity index (χ1) is 8.89. The minimum Gasteiger partial charge on any atom is -0.481 e. The van der Waals surface area contributed by atoms with Crippen molar-refractivity contribution in [1.82, 2.24) is 4.90 Å². The number of amides is 1. The lowest BCUT2D eigenvalue weighted by Gasteiger charge is -2.29. The molecule has 1 fully saturated rings. The van der Waals surface area contributed by atoms with Crippen molar-refractivity contribution in [2.75, 3.05) is 19.6 Å². The van der Waals surface area contributed by atoms with Gasteiger partial charge in [0.15, 0.2) is 0 Å². The van der Waals surface area contributed by atoms with Crippen LogP contribution < -0.4 is 5.73 Å². The predicted octanol–water partition coefficient (Wildman–Crippen LogP) is 1.32. The second kappa shape index (κ2) is 6.37. The molecule has 5 heteroatoms. The molecule has 0 aromatic heterocycles. The highest BCUT2D eigenvalue weighted by molar-refractivity contribution is 5.82.